The standard InChI is InChI=1S/C14H21FN2O2S2/c1-11(2)16-10-12-9-13(3-4-14(12)15)21(18,19)17-5-7-20-8-6-17/h3-4,9,11,16H,5-8,10H2,1-2H3. The van der Waals surface area contributed by atoms with Crippen LogP contribution in [0.15, 0.2) is 23.1 Å². The second-order valence-electron chi connectivity index (χ2n) is 5.31. The second kappa shape index (κ2) is 7.09. The number of hydrogen-bond donors (Lipinski definition) is 1. The van der Waals surface area contributed by atoms with E-state index in [0.29, 0.717) is 25.2 Å². The maximum Gasteiger partial charge on any atom is 0.243 e. The largest absolute Gasteiger partial charge is 0.310 e. The summed E-state index contributed by atoms with van der Waals surface area (Å²) in [4.78, 5) is 0.177. The molecule has 1 aromatic carbocycles. The van der Waals surface area contributed by atoms with Gasteiger partial charge in [-0.1, -0.05) is 13.8 Å². The average Bonchev–Trinajstić information content (AvgIpc) is 2.47. The molecule has 0 atom stereocenters. The predicted molar refractivity (Wildman–Crippen MR) is 84.5 cm³/mol. The number of sulfonamides is 1. The lowest BCUT2D eigenvalue weighted by atomic mass is 10.2. The van der Waals surface area contributed by atoms with E-state index in [1.165, 1.54) is 22.5 Å². The van der Waals surface area contributed by atoms with Crippen LogP contribution >= 0.6 is 11.8 Å². The molecule has 0 aromatic heterocycles. The van der Waals surface area contributed by atoms with Crippen LogP contribution in [0.3, 0.4) is 0 Å². The van der Waals surface area contributed by atoms with E-state index in [2.05, 4.69) is 5.32 Å². The molecule has 0 radical (unpaired) electrons. The topological polar surface area (TPSA) is 49.4 Å². The van der Waals surface area contributed by atoms with Crippen molar-refractivity contribution >= 4 is 21.8 Å². The van der Waals surface area contributed by atoms with E-state index >= 15 is 0 Å². The highest BCUT2D eigenvalue weighted by Crippen LogP contribution is 2.22. The summed E-state index contributed by atoms with van der Waals surface area (Å²) < 4.78 is 40.4. The van der Waals surface area contributed by atoms with Gasteiger partial charge in [-0.05, 0) is 18.2 Å². The monoisotopic (exact) mass is 332 g/mol. The van der Waals surface area contributed by atoms with E-state index in [0.717, 1.165) is 11.5 Å². The zero-order chi connectivity index (χ0) is 15.5. The molecule has 7 heteroatoms. The number of hydrogen-bond acceptors (Lipinski definition) is 4. The Balaban J connectivity index is 2.24. The molecule has 2 rings (SSSR count). The van der Waals surface area contributed by atoms with Gasteiger partial charge in [-0.3, -0.25) is 0 Å². The predicted octanol–water partition coefficient (Wildman–Crippen LogP) is 2.06. The van der Waals surface area contributed by atoms with Crippen LogP contribution < -0.4 is 5.32 Å². The highest BCUT2D eigenvalue weighted by atomic mass is 32.2. The third-order valence-electron chi connectivity index (χ3n) is 3.33. The molecule has 118 valence electrons. The number of benzene rings is 1. The molecule has 4 nitrogen and oxygen atoms in total. The maximum atomic E-state index is 13.8. The van der Waals surface area contributed by atoms with Gasteiger partial charge in [0, 0.05) is 42.7 Å². The normalized spacial score (nSPS) is 17.3. The van der Waals surface area contributed by atoms with Crippen molar-refractivity contribution in [2.75, 3.05) is 24.6 Å². The van der Waals surface area contributed by atoms with Crippen LogP contribution in [0.5, 0.6) is 0 Å². The number of halogens is 1. The van der Waals surface area contributed by atoms with E-state index in [9.17, 15) is 12.8 Å². The van der Waals surface area contributed by atoms with Crippen molar-refractivity contribution in [3.8, 4) is 0 Å². The van der Waals surface area contributed by atoms with Crippen molar-refractivity contribution in [1.82, 2.24) is 9.62 Å². The van der Waals surface area contributed by atoms with Crippen molar-refractivity contribution < 1.29 is 12.8 Å². The Kier molecular flexibility index (Phi) is 5.65. The van der Waals surface area contributed by atoms with Gasteiger partial charge in [-0.2, -0.15) is 16.1 Å². The van der Waals surface area contributed by atoms with Crippen molar-refractivity contribution in [3.05, 3.63) is 29.6 Å². The van der Waals surface area contributed by atoms with Gasteiger partial charge >= 0.3 is 0 Å². The minimum absolute atomic E-state index is 0.177. The molecule has 1 aromatic rings. The van der Waals surface area contributed by atoms with Gasteiger partial charge < -0.3 is 5.32 Å². The molecule has 1 heterocycles. The van der Waals surface area contributed by atoms with E-state index in [1.807, 2.05) is 13.8 Å². The highest BCUT2D eigenvalue weighted by Gasteiger charge is 2.26. The van der Waals surface area contributed by atoms with Crippen molar-refractivity contribution in [2.45, 2.75) is 31.3 Å². The Morgan fingerprint density at radius 1 is 1.33 bits per heavy atom. The SMILES string of the molecule is CC(C)NCc1cc(S(=O)(=O)N2CCSCC2)ccc1F. The summed E-state index contributed by atoms with van der Waals surface area (Å²) in [7, 11) is -3.51. The van der Waals surface area contributed by atoms with Gasteiger partial charge in [0.1, 0.15) is 5.82 Å². The Hall–Kier alpha value is -0.630. The zero-order valence-electron chi connectivity index (χ0n) is 12.3. The van der Waals surface area contributed by atoms with E-state index < -0.39 is 10.0 Å². The summed E-state index contributed by atoms with van der Waals surface area (Å²) in [6.07, 6.45) is 0. The van der Waals surface area contributed by atoms with Crippen molar-refractivity contribution in [1.29, 1.82) is 0 Å². The van der Waals surface area contributed by atoms with Crippen LogP contribution in [0, 0.1) is 5.82 Å². The average molecular weight is 332 g/mol. The Morgan fingerprint density at radius 3 is 2.62 bits per heavy atom. The first-order valence-electron chi connectivity index (χ1n) is 7.01. The van der Waals surface area contributed by atoms with Gasteiger partial charge in [0.25, 0.3) is 0 Å². The van der Waals surface area contributed by atoms with Gasteiger partial charge in [0.2, 0.25) is 10.0 Å². The molecule has 0 spiro atoms. The molecule has 21 heavy (non-hydrogen) atoms. The van der Waals surface area contributed by atoms with Gasteiger partial charge in [0.15, 0.2) is 0 Å². The quantitative estimate of drug-likeness (QED) is 0.897. The molecule has 1 aliphatic rings. The van der Waals surface area contributed by atoms with Gasteiger partial charge in [-0.15, -0.1) is 0 Å². The lowest BCUT2D eigenvalue weighted by Gasteiger charge is -2.25. The molecule has 0 unspecified atom stereocenters. The van der Waals surface area contributed by atoms with E-state index in [1.54, 1.807) is 11.8 Å². The Bertz CT molecular complexity index is 585. The number of rotatable bonds is 5. The lowest BCUT2D eigenvalue weighted by molar-refractivity contribution is 0.443. The van der Waals surface area contributed by atoms with Gasteiger partial charge in [0.05, 0.1) is 4.90 Å². The molecule has 1 aliphatic heterocycles. The number of nitrogens with zero attached hydrogens (tertiary/aromatic N) is 1. The Labute approximate surface area is 130 Å². The third kappa shape index (κ3) is 4.18. The molecular weight excluding hydrogens is 311 g/mol. The number of thioether (sulfide) groups is 1. The molecule has 0 aliphatic carbocycles. The van der Waals surface area contributed by atoms with Gasteiger partial charge in [-0.25, -0.2) is 12.8 Å². The van der Waals surface area contributed by atoms with E-state index in [4.69, 9.17) is 0 Å². The van der Waals surface area contributed by atoms with Crippen molar-refractivity contribution in [3.63, 3.8) is 0 Å². The molecule has 1 fully saturated rings. The molecule has 1 N–H and O–H groups in total. The fraction of sp³-hybridized carbons (Fsp3) is 0.571. The lowest BCUT2D eigenvalue weighted by Crippen LogP contribution is -2.37. The highest BCUT2D eigenvalue weighted by molar-refractivity contribution is 7.99. The van der Waals surface area contributed by atoms with Crippen LogP contribution in [-0.2, 0) is 16.6 Å². The minimum Gasteiger partial charge on any atom is -0.310 e. The molecule has 0 bridgehead atoms. The Morgan fingerprint density at radius 2 is 2.00 bits per heavy atom. The summed E-state index contributed by atoms with van der Waals surface area (Å²) in [6.45, 7) is 5.28. The van der Waals surface area contributed by atoms with Crippen LogP contribution in [0.25, 0.3) is 0 Å². The first kappa shape index (κ1) is 16.7. The summed E-state index contributed by atoms with van der Waals surface area (Å²) in [5, 5.41) is 3.11. The van der Waals surface area contributed by atoms with Crippen LogP contribution in [-0.4, -0.2) is 43.4 Å². The summed E-state index contributed by atoms with van der Waals surface area (Å²) >= 11 is 1.75. The second-order valence-corrected chi connectivity index (χ2v) is 8.47. The minimum atomic E-state index is -3.51. The van der Waals surface area contributed by atoms with Crippen molar-refractivity contribution in [2.24, 2.45) is 0 Å². The maximum absolute atomic E-state index is 13.8. The fourth-order valence-electron chi connectivity index (χ4n) is 2.10. The molecule has 1 saturated heterocycles. The smallest absolute Gasteiger partial charge is 0.243 e. The molecular formula is C14H21FN2O2S2. The summed E-state index contributed by atoms with van der Waals surface area (Å²) in [5.41, 5.74) is 0.385. The fourth-order valence-corrected chi connectivity index (χ4v) is 4.72. The third-order valence-corrected chi connectivity index (χ3v) is 6.16. The first-order valence-corrected chi connectivity index (χ1v) is 9.60. The summed E-state index contributed by atoms with van der Waals surface area (Å²) in [5.74, 6) is 1.24. The molecule has 0 amide bonds. The summed E-state index contributed by atoms with van der Waals surface area (Å²) in [6, 6.07) is 4.25. The number of nitrogens with one attached hydrogen (secondary N) is 1. The zero-order valence-corrected chi connectivity index (χ0v) is 13.9. The molecule has 0 saturated carbocycles. The van der Waals surface area contributed by atoms with Crippen LogP contribution in [0.4, 0.5) is 4.39 Å². The van der Waals surface area contributed by atoms with Crippen LogP contribution in [0.1, 0.15) is 19.4 Å². The van der Waals surface area contributed by atoms with E-state index in [-0.39, 0.29) is 16.8 Å². The van der Waals surface area contributed by atoms with Crippen LogP contribution in [0.2, 0.25) is 0 Å². The first-order chi connectivity index (χ1) is 9.91.